The molecular formula is C23H32FIN4O2. The van der Waals surface area contributed by atoms with Crippen molar-refractivity contribution in [3.63, 3.8) is 0 Å². The van der Waals surface area contributed by atoms with Gasteiger partial charge in [-0.1, -0.05) is 18.2 Å². The SMILES string of the molecule is CCNC(=NCCc1cccc(C(=O)N(C)C)c1)NC(C)c1ccc(OC)c(F)c1.I. The fraction of sp³-hybridized carbons (Fsp3) is 0.391. The molecule has 0 fully saturated rings. The van der Waals surface area contributed by atoms with Gasteiger partial charge in [-0.3, -0.25) is 9.79 Å². The molecule has 0 spiro atoms. The average Bonchev–Trinajstić information content (AvgIpc) is 2.73. The summed E-state index contributed by atoms with van der Waals surface area (Å²) in [7, 11) is 4.93. The first-order chi connectivity index (χ1) is 14.3. The Morgan fingerprint density at radius 1 is 1.23 bits per heavy atom. The Labute approximate surface area is 201 Å². The summed E-state index contributed by atoms with van der Waals surface area (Å²) in [6.07, 6.45) is 0.705. The van der Waals surface area contributed by atoms with Crippen molar-refractivity contribution in [2.45, 2.75) is 26.3 Å². The van der Waals surface area contributed by atoms with E-state index in [1.54, 1.807) is 25.1 Å². The van der Waals surface area contributed by atoms with Crippen LogP contribution in [-0.2, 0) is 6.42 Å². The molecule has 2 aromatic rings. The molecule has 170 valence electrons. The maximum atomic E-state index is 14.0. The van der Waals surface area contributed by atoms with Gasteiger partial charge in [-0.2, -0.15) is 0 Å². The molecule has 2 N–H and O–H groups in total. The second-order valence-electron chi connectivity index (χ2n) is 7.17. The van der Waals surface area contributed by atoms with E-state index in [-0.39, 0.29) is 41.7 Å². The van der Waals surface area contributed by atoms with Crippen molar-refractivity contribution in [2.75, 3.05) is 34.3 Å². The number of methoxy groups -OCH3 is 1. The fourth-order valence-corrected chi connectivity index (χ4v) is 2.98. The zero-order valence-corrected chi connectivity index (χ0v) is 21.1. The Balaban J connectivity index is 0.00000480. The number of guanidine groups is 1. The third-order valence-electron chi connectivity index (χ3n) is 4.62. The number of rotatable bonds is 8. The predicted octanol–water partition coefficient (Wildman–Crippen LogP) is 4.01. The minimum absolute atomic E-state index is 0. The number of benzene rings is 2. The second-order valence-corrected chi connectivity index (χ2v) is 7.17. The van der Waals surface area contributed by atoms with Gasteiger partial charge >= 0.3 is 0 Å². The summed E-state index contributed by atoms with van der Waals surface area (Å²) in [5, 5.41) is 6.51. The van der Waals surface area contributed by atoms with Crippen molar-refractivity contribution in [1.29, 1.82) is 0 Å². The molecule has 1 amide bonds. The van der Waals surface area contributed by atoms with Crippen molar-refractivity contribution >= 4 is 35.8 Å². The van der Waals surface area contributed by atoms with Gasteiger partial charge in [0, 0.05) is 32.7 Å². The molecule has 0 saturated heterocycles. The van der Waals surface area contributed by atoms with Gasteiger partial charge in [-0.05, 0) is 55.7 Å². The van der Waals surface area contributed by atoms with Gasteiger partial charge in [0.05, 0.1) is 13.2 Å². The van der Waals surface area contributed by atoms with E-state index in [9.17, 15) is 9.18 Å². The van der Waals surface area contributed by atoms with Crippen LogP contribution < -0.4 is 15.4 Å². The first-order valence-electron chi connectivity index (χ1n) is 10.0. The molecule has 1 unspecified atom stereocenters. The molecule has 2 aromatic carbocycles. The topological polar surface area (TPSA) is 66.0 Å². The molecule has 0 bridgehead atoms. The van der Waals surface area contributed by atoms with Crippen molar-refractivity contribution in [2.24, 2.45) is 4.99 Å². The van der Waals surface area contributed by atoms with Gasteiger partial charge in [0.25, 0.3) is 5.91 Å². The quantitative estimate of drug-likeness (QED) is 0.301. The molecule has 8 heteroatoms. The largest absolute Gasteiger partial charge is 0.494 e. The summed E-state index contributed by atoms with van der Waals surface area (Å²) in [6.45, 7) is 5.21. The van der Waals surface area contributed by atoms with E-state index < -0.39 is 5.82 Å². The molecule has 0 aromatic heterocycles. The highest BCUT2D eigenvalue weighted by Crippen LogP contribution is 2.21. The van der Waals surface area contributed by atoms with Crippen LogP contribution in [0.4, 0.5) is 4.39 Å². The van der Waals surface area contributed by atoms with E-state index in [0.29, 0.717) is 31.0 Å². The lowest BCUT2D eigenvalue weighted by Gasteiger charge is -2.18. The number of carbonyl (C=O) groups is 1. The smallest absolute Gasteiger partial charge is 0.253 e. The van der Waals surface area contributed by atoms with Crippen LogP contribution in [0.2, 0.25) is 0 Å². The molecule has 31 heavy (non-hydrogen) atoms. The highest BCUT2D eigenvalue weighted by molar-refractivity contribution is 14.0. The number of nitrogens with one attached hydrogen (secondary N) is 2. The molecule has 2 rings (SSSR count). The lowest BCUT2D eigenvalue weighted by atomic mass is 10.1. The number of amides is 1. The predicted molar refractivity (Wildman–Crippen MR) is 134 cm³/mol. The van der Waals surface area contributed by atoms with Crippen LogP contribution in [0.1, 0.15) is 41.4 Å². The van der Waals surface area contributed by atoms with E-state index in [4.69, 9.17) is 4.74 Å². The molecule has 0 aliphatic carbocycles. The maximum absolute atomic E-state index is 14.0. The second kappa shape index (κ2) is 13.1. The van der Waals surface area contributed by atoms with Crippen LogP contribution in [0.3, 0.4) is 0 Å². The van der Waals surface area contributed by atoms with Crippen LogP contribution in [-0.4, -0.2) is 51.1 Å². The van der Waals surface area contributed by atoms with E-state index in [0.717, 1.165) is 11.1 Å². The van der Waals surface area contributed by atoms with Crippen molar-refractivity contribution in [3.05, 3.63) is 65.0 Å². The first-order valence-corrected chi connectivity index (χ1v) is 10.0. The zero-order chi connectivity index (χ0) is 22.1. The van der Waals surface area contributed by atoms with Crippen LogP contribution in [0.25, 0.3) is 0 Å². The van der Waals surface area contributed by atoms with Crippen LogP contribution in [0.15, 0.2) is 47.5 Å². The number of aliphatic imine (C=N–C) groups is 1. The number of carbonyl (C=O) groups excluding carboxylic acids is 1. The normalized spacial score (nSPS) is 11.9. The van der Waals surface area contributed by atoms with E-state index >= 15 is 0 Å². The average molecular weight is 542 g/mol. The lowest BCUT2D eigenvalue weighted by molar-refractivity contribution is 0.0827. The number of hydrogen-bond acceptors (Lipinski definition) is 3. The van der Waals surface area contributed by atoms with Crippen molar-refractivity contribution in [3.8, 4) is 5.75 Å². The summed E-state index contributed by atoms with van der Waals surface area (Å²) in [4.78, 5) is 18.3. The molecule has 0 aliphatic heterocycles. The van der Waals surface area contributed by atoms with E-state index in [2.05, 4.69) is 15.6 Å². The summed E-state index contributed by atoms with van der Waals surface area (Å²) in [6, 6.07) is 12.4. The van der Waals surface area contributed by atoms with E-state index in [1.807, 2.05) is 44.2 Å². The standard InChI is InChI=1S/C23H31FN4O2.HI/c1-6-25-23(27-16(2)18-10-11-21(30-5)20(24)15-18)26-13-12-17-8-7-9-19(14-17)22(29)28(3)4;/h7-11,14-16H,6,12-13H2,1-5H3,(H2,25,26,27);1H. The third kappa shape index (κ3) is 8.01. The molecule has 6 nitrogen and oxygen atoms in total. The van der Waals surface area contributed by atoms with Crippen molar-refractivity contribution in [1.82, 2.24) is 15.5 Å². The van der Waals surface area contributed by atoms with Gasteiger partial charge < -0.3 is 20.3 Å². The Morgan fingerprint density at radius 3 is 2.58 bits per heavy atom. The highest BCUT2D eigenvalue weighted by atomic mass is 127. The minimum Gasteiger partial charge on any atom is -0.494 e. The van der Waals surface area contributed by atoms with Gasteiger partial charge in [-0.25, -0.2) is 4.39 Å². The van der Waals surface area contributed by atoms with Gasteiger partial charge in [0.15, 0.2) is 17.5 Å². The zero-order valence-electron chi connectivity index (χ0n) is 18.7. The highest BCUT2D eigenvalue weighted by Gasteiger charge is 2.12. The lowest BCUT2D eigenvalue weighted by Crippen LogP contribution is -2.38. The van der Waals surface area contributed by atoms with Crippen LogP contribution in [0.5, 0.6) is 5.75 Å². The van der Waals surface area contributed by atoms with Gasteiger partial charge in [0.1, 0.15) is 0 Å². The molecule has 0 aliphatic rings. The Morgan fingerprint density at radius 2 is 1.97 bits per heavy atom. The van der Waals surface area contributed by atoms with Gasteiger partial charge in [-0.15, -0.1) is 24.0 Å². The summed E-state index contributed by atoms with van der Waals surface area (Å²) >= 11 is 0. The van der Waals surface area contributed by atoms with Crippen LogP contribution >= 0.6 is 24.0 Å². The Kier molecular flexibility index (Phi) is 11.3. The Hall–Kier alpha value is -2.36. The van der Waals surface area contributed by atoms with Crippen LogP contribution in [0, 0.1) is 5.82 Å². The number of hydrogen-bond donors (Lipinski definition) is 2. The summed E-state index contributed by atoms with van der Waals surface area (Å²) in [5.41, 5.74) is 2.52. The number of nitrogens with zero attached hydrogens (tertiary/aromatic N) is 2. The number of halogens is 2. The molecule has 0 radical (unpaired) electrons. The third-order valence-corrected chi connectivity index (χ3v) is 4.62. The first kappa shape index (κ1) is 26.7. The fourth-order valence-electron chi connectivity index (χ4n) is 2.98. The number of ether oxygens (including phenoxy) is 1. The Bertz CT molecular complexity index is 890. The van der Waals surface area contributed by atoms with E-state index in [1.165, 1.54) is 13.2 Å². The summed E-state index contributed by atoms with van der Waals surface area (Å²) in [5.74, 6) is 0.469. The maximum Gasteiger partial charge on any atom is 0.253 e. The van der Waals surface area contributed by atoms with Crippen molar-refractivity contribution < 1.29 is 13.9 Å². The minimum atomic E-state index is -0.391. The molecular weight excluding hydrogens is 510 g/mol. The van der Waals surface area contributed by atoms with Gasteiger partial charge in [0.2, 0.25) is 0 Å². The monoisotopic (exact) mass is 542 g/mol. The molecule has 1 atom stereocenters. The summed E-state index contributed by atoms with van der Waals surface area (Å²) < 4.78 is 19.0. The molecule has 0 heterocycles. The molecule has 0 saturated carbocycles.